The van der Waals surface area contributed by atoms with Gasteiger partial charge in [0.25, 0.3) is 5.91 Å². The normalized spacial score (nSPS) is 16.3. The Morgan fingerprint density at radius 1 is 1.07 bits per heavy atom. The van der Waals surface area contributed by atoms with Crippen LogP contribution in [-0.4, -0.2) is 58.9 Å². The molecule has 8 nitrogen and oxygen atoms in total. The maximum Gasteiger partial charge on any atom is 0.255 e. The molecule has 4 rings (SSSR count). The summed E-state index contributed by atoms with van der Waals surface area (Å²) in [5.41, 5.74) is 2.40. The molecule has 2 aliphatic heterocycles. The van der Waals surface area contributed by atoms with Gasteiger partial charge in [-0.3, -0.25) is 14.4 Å². The fourth-order valence-corrected chi connectivity index (χ4v) is 3.80. The summed E-state index contributed by atoms with van der Waals surface area (Å²) in [4.78, 5) is 39.7. The van der Waals surface area contributed by atoms with Crippen molar-refractivity contribution in [3.63, 3.8) is 0 Å². The third-order valence-electron chi connectivity index (χ3n) is 5.22. The summed E-state index contributed by atoms with van der Waals surface area (Å²) in [6.45, 7) is 3.73. The number of aromatic nitrogens is 2. The van der Waals surface area contributed by atoms with Gasteiger partial charge in [-0.2, -0.15) is 0 Å². The average molecular weight is 414 g/mol. The number of hydrogen-bond donors (Lipinski definition) is 1. The number of rotatable bonds is 3. The van der Waals surface area contributed by atoms with Crippen LogP contribution in [0.15, 0.2) is 24.3 Å². The van der Waals surface area contributed by atoms with Crippen LogP contribution in [0.5, 0.6) is 0 Å². The molecule has 2 aromatic rings. The van der Waals surface area contributed by atoms with Crippen molar-refractivity contribution in [2.24, 2.45) is 0 Å². The molecule has 0 aliphatic carbocycles. The quantitative estimate of drug-likeness (QED) is 0.775. The number of nitrogens with zero attached hydrogens (tertiary/aromatic N) is 4. The highest BCUT2D eigenvalue weighted by Crippen LogP contribution is 2.30. The number of aryl methyl sites for hydroxylation is 1. The first-order chi connectivity index (χ1) is 13.9. The number of benzene rings is 1. The van der Waals surface area contributed by atoms with Crippen LogP contribution in [0.25, 0.3) is 0 Å². The SMILES string of the molecule is CC(=O)c1ccc(N2CCN(C(=O)c3cc4c(cc3Cl)NC(=O)CC4)CC2)nn1. The van der Waals surface area contributed by atoms with Gasteiger partial charge in [0.05, 0.1) is 10.6 Å². The Labute approximate surface area is 172 Å². The van der Waals surface area contributed by atoms with Crippen LogP contribution >= 0.6 is 11.6 Å². The lowest BCUT2D eigenvalue weighted by molar-refractivity contribution is -0.116. The number of carbonyl (C=O) groups excluding carboxylic acids is 3. The summed E-state index contributed by atoms with van der Waals surface area (Å²) in [6, 6.07) is 6.88. The van der Waals surface area contributed by atoms with E-state index in [0.29, 0.717) is 66.8 Å². The molecule has 29 heavy (non-hydrogen) atoms. The maximum absolute atomic E-state index is 13.0. The number of Topliss-reactive ketones (excluding diaryl/α,β-unsaturated/α-hetero) is 1. The summed E-state index contributed by atoms with van der Waals surface area (Å²) < 4.78 is 0. The van der Waals surface area contributed by atoms with Crippen molar-refractivity contribution in [2.45, 2.75) is 19.8 Å². The third-order valence-corrected chi connectivity index (χ3v) is 5.53. The van der Waals surface area contributed by atoms with Crippen molar-refractivity contribution >= 4 is 40.7 Å². The number of anilines is 2. The van der Waals surface area contributed by atoms with Crippen LogP contribution in [-0.2, 0) is 11.2 Å². The van der Waals surface area contributed by atoms with E-state index in [9.17, 15) is 14.4 Å². The summed E-state index contributed by atoms with van der Waals surface area (Å²) in [6.07, 6.45) is 1.01. The minimum atomic E-state index is -0.124. The minimum absolute atomic E-state index is 0.0387. The van der Waals surface area contributed by atoms with Crippen LogP contribution in [0.4, 0.5) is 11.5 Å². The second-order valence-corrected chi connectivity index (χ2v) is 7.56. The molecule has 1 N–H and O–H groups in total. The van der Waals surface area contributed by atoms with Gasteiger partial charge in [-0.1, -0.05) is 11.6 Å². The molecule has 150 valence electrons. The number of piperazine rings is 1. The highest BCUT2D eigenvalue weighted by atomic mass is 35.5. The Hall–Kier alpha value is -3.00. The molecule has 3 heterocycles. The molecule has 0 saturated carbocycles. The van der Waals surface area contributed by atoms with Crippen molar-refractivity contribution in [1.82, 2.24) is 15.1 Å². The molecule has 1 aromatic heterocycles. The number of hydrogen-bond acceptors (Lipinski definition) is 6. The summed E-state index contributed by atoms with van der Waals surface area (Å²) in [7, 11) is 0. The van der Waals surface area contributed by atoms with Crippen LogP contribution < -0.4 is 10.2 Å². The number of ketones is 1. The predicted molar refractivity (Wildman–Crippen MR) is 109 cm³/mol. The fourth-order valence-electron chi connectivity index (χ4n) is 3.56. The lowest BCUT2D eigenvalue weighted by Gasteiger charge is -2.35. The number of fused-ring (bicyclic) bond motifs is 1. The molecule has 2 aliphatic rings. The first-order valence-electron chi connectivity index (χ1n) is 9.43. The molecule has 9 heteroatoms. The van der Waals surface area contributed by atoms with E-state index in [1.807, 2.05) is 4.90 Å². The van der Waals surface area contributed by atoms with Gasteiger partial charge in [-0.25, -0.2) is 0 Å². The lowest BCUT2D eigenvalue weighted by Crippen LogP contribution is -2.49. The van der Waals surface area contributed by atoms with E-state index in [1.54, 1.807) is 29.2 Å². The number of amides is 2. The molecule has 2 amide bonds. The monoisotopic (exact) mass is 413 g/mol. The average Bonchev–Trinajstić information content (AvgIpc) is 2.73. The first-order valence-corrected chi connectivity index (χ1v) is 9.81. The Bertz CT molecular complexity index is 984. The third kappa shape index (κ3) is 3.93. The maximum atomic E-state index is 13.0. The van der Waals surface area contributed by atoms with E-state index in [2.05, 4.69) is 15.5 Å². The second kappa shape index (κ2) is 7.79. The smallest absolute Gasteiger partial charge is 0.255 e. The molecule has 0 spiro atoms. The molecular weight excluding hydrogens is 394 g/mol. The number of carbonyl (C=O) groups is 3. The van der Waals surface area contributed by atoms with E-state index in [1.165, 1.54) is 6.92 Å². The fraction of sp³-hybridized carbons (Fsp3) is 0.350. The van der Waals surface area contributed by atoms with Gasteiger partial charge in [-0.15, -0.1) is 10.2 Å². The molecule has 0 radical (unpaired) electrons. The van der Waals surface area contributed by atoms with E-state index >= 15 is 0 Å². The van der Waals surface area contributed by atoms with Gasteiger partial charge in [0.15, 0.2) is 11.6 Å². The van der Waals surface area contributed by atoms with Gasteiger partial charge < -0.3 is 15.1 Å². The van der Waals surface area contributed by atoms with Gasteiger partial charge >= 0.3 is 0 Å². The molecule has 0 atom stereocenters. The van der Waals surface area contributed by atoms with Crippen molar-refractivity contribution < 1.29 is 14.4 Å². The predicted octanol–water partition coefficient (Wildman–Crippen LogP) is 2.18. The zero-order chi connectivity index (χ0) is 20.5. The van der Waals surface area contributed by atoms with E-state index in [4.69, 9.17) is 11.6 Å². The van der Waals surface area contributed by atoms with E-state index in [0.717, 1.165) is 5.56 Å². The molecule has 0 bridgehead atoms. The van der Waals surface area contributed by atoms with Crippen LogP contribution in [0.2, 0.25) is 5.02 Å². The highest BCUT2D eigenvalue weighted by Gasteiger charge is 2.26. The molecule has 1 fully saturated rings. The summed E-state index contributed by atoms with van der Waals surface area (Å²) >= 11 is 6.33. The summed E-state index contributed by atoms with van der Waals surface area (Å²) in [5.74, 6) is 0.404. The topological polar surface area (TPSA) is 95.5 Å². The zero-order valence-corrected chi connectivity index (χ0v) is 16.7. The van der Waals surface area contributed by atoms with E-state index in [-0.39, 0.29) is 17.6 Å². The van der Waals surface area contributed by atoms with Crippen molar-refractivity contribution in [3.8, 4) is 0 Å². The van der Waals surface area contributed by atoms with Gasteiger partial charge in [0.2, 0.25) is 5.91 Å². The highest BCUT2D eigenvalue weighted by molar-refractivity contribution is 6.34. The van der Waals surface area contributed by atoms with Crippen LogP contribution in [0, 0.1) is 0 Å². The van der Waals surface area contributed by atoms with Gasteiger partial charge in [-0.05, 0) is 36.2 Å². The Balaban J connectivity index is 1.44. The summed E-state index contributed by atoms with van der Waals surface area (Å²) in [5, 5.41) is 11.2. The zero-order valence-electron chi connectivity index (χ0n) is 15.9. The minimum Gasteiger partial charge on any atom is -0.352 e. The lowest BCUT2D eigenvalue weighted by atomic mass is 9.99. The first kappa shape index (κ1) is 19.3. The van der Waals surface area contributed by atoms with Gasteiger partial charge in [0.1, 0.15) is 5.69 Å². The molecular formula is C20H20ClN5O3. The van der Waals surface area contributed by atoms with Crippen molar-refractivity contribution in [2.75, 3.05) is 36.4 Å². The van der Waals surface area contributed by atoms with Crippen molar-refractivity contribution in [1.29, 1.82) is 0 Å². The molecule has 1 aromatic carbocycles. The van der Waals surface area contributed by atoms with Crippen molar-refractivity contribution in [3.05, 3.63) is 46.1 Å². The van der Waals surface area contributed by atoms with Gasteiger partial charge in [0, 0.05) is 45.2 Å². The Morgan fingerprint density at radius 3 is 2.48 bits per heavy atom. The Morgan fingerprint density at radius 2 is 1.83 bits per heavy atom. The largest absolute Gasteiger partial charge is 0.352 e. The standard InChI is InChI=1S/C20H20ClN5O3/c1-12(27)16-3-4-18(24-23-16)25-6-8-26(9-7-25)20(29)14-10-13-2-5-19(28)22-17(13)11-15(14)21/h3-4,10-11H,2,5-9H2,1H3,(H,22,28). The number of halogens is 1. The Kier molecular flexibility index (Phi) is 5.19. The molecule has 0 unspecified atom stereocenters. The van der Waals surface area contributed by atoms with E-state index < -0.39 is 0 Å². The second-order valence-electron chi connectivity index (χ2n) is 7.15. The van der Waals surface area contributed by atoms with Crippen LogP contribution in [0.1, 0.15) is 39.8 Å². The number of nitrogens with one attached hydrogen (secondary N) is 1. The molecule has 1 saturated heterocycles. The van der Waals surface area contributed by atoms with Crippen LogP contribution in [0.3, 0.4) is 0 Å².